The molecule has 0 aliphatic rings. The van der Waals surface area contributed by atoms with Gasteiger partial charge < -0.3 is 10.4 Å². The van der Waals surface area contributed by atoms with Gasteiger partial charge in [-0.1, -0.05) is 30.3 Å². The summed E-state index contributed by atoms with van der Waals surface area (Å²) < 4.78 is 0. The van der Waals surface area contributed by atoms with E-state index in [1.54, 1.807) is 18.2 Å². The van der Waals surface area contributed by atoms with Crippen LogP contribution in [0.25, 0.3) is 0 Å². The van der Waals surface area contributed by atoms with Crippen LogP contribution in [0.2, 0.25) is 0 Å². The summed E-state index contributed by atoms with van der Waals surface area (Å²) in [5, 5.41) is 12.5. The van der Waals surface area contributed by atoms with Crippen LogP contribution in [0.4, 0.5) is 11.4 Å². The van der Waals surface area contributed by atoms with Gasteiger partial charge in [0.05, 0.1) is 5.69 Å². The Morgan fingerprint density at radius 1 is 1.00 bits per heavy atom. The third-order valence-corrected chi connectivity index (χ3v) is 1.88. The Morgan fingerprint density at radius 3 is 2.50 bits per heavy atom. The summed E-state index contributed by atoms with van der Waals surface area (Å²) in [5.41, 5.74) is 1.53. The zero-order valence-corrected chi connectivity index (χ0v) is 7.57. The fraction of sp³-hybridized carbons (Fsp3) is 0. The van der Waals surface area contributed by atoms with Gasteiger partial charge in [0.15, 0.2) is 0 Å². The lowest BCUT2D eigenvalue weighted by molar-refractivity contribution is 0.477. The zero-order valence-electron chi connectivity index (χ0n) is 7.57. The maximum absolute atomic E-state index is 9.48. The van der Waals surface area contributed by atoms with Gasteiger partial charge in [0.25, 0.3) is 0 Å². The molecule has 2 aromatic rings. The number of hydrogen-bond donors (Lipinski definition) is 2. The van der Waals surface area contributed by atoms with Crippen LogP contribution in [0.5, 0.6) is 5.75 Å². The van der Waals surface area contributed by atoms with E-state index in [1.165, 1.54) is 0 Å². The van der Waals surface area contributed by atoms with E-state index in [-0.39, 0.29) is 5.75 Å². The van der Waals surface area contributed by atoms with E-state index in [1.807, 2.05) is 30.3 Å². The Morgan fingerprint density at radius 2 is 1.79 bits per heavy atom. The summed E-state index contributed by atoms with van der Waals surface area (Å²) in [6.45, 7) is 0. The largest absolute Gasteiger partial charge is 0.506 e. The van der Waals surface area contributed by atoms with Crippen molar-refractivity contribution in [3.05, 3.63) is 54.6 Å². The van der Waals surface area contributed by atoms with Crippen molar-refractivity contribution < 1.29 is 5.11 Å². The summed E-state index contributed by atoms with van der Waals surface area (Å²) in [6, 6.07) is 17.7. The molecule has 2 aromatic carbocycles. The van der Waals surface area contributed by atoms with E-state index < -0.39 is 0 Å². The minimum Gasteiger partial charge on any atom is -0.506 e. The molecule has 2 nitrogen and oxygen atoms in total. The highest BCUT2D eigenvalue weighted by atomic mass is 16.3. The first-order valence-electron chi connectivity index (χ1n) is 4.38. The summed E-state index contributed by atoms with van der Waals surface area (Å²) in [5.74, 6) is 0.205. The molecule has 0 saturated heterocycles. The van der Waals surface area contributed by atoms with Gasteiger partial charge >= 0.3 is 0 Å². The lowest BCUT2D eigenvalue weighted by Crippen LogP contribution is -1.89. The van der Waals surface area contributed by atoms with E-state index in [2.05, 4.69) is 11.4 Å². The Labute approximate surface area is 82.8 Å². The van der Waals surface area contributed by atoms with E-state index >= 15 is 0 Å². The van der Waals surface area contributed by atoms with E-state index in [0.717, 1.165) is 5.69 Å². The Kier molecular flexibility index (Phi) is 2.36. The highest BCUT2D eigenvalue weighted by molar-refractivity contribution is 5.64. The molecule has 0 atom stereocenters. The second-order valence-corrected chi connectivity index (χ2v) is 2.92. The van der Waals surface area contributed by atoms with Crippen molar-refractivity contribution in [3.63, 3.8) is 0 Å². The van der Waals surface area contributed by atoms with Crippen molar-refractivity contribution in [1.29, 1.82) is 0 Å². The van der Waals surface area contributed by atoms with Crippen LogP contribution in [-0.2, 0) is 0 Å². The molecule has 2 heteroatoms. The average Bonchev–Trinajstić information content (AvgIpc) is 2.23. The van der Waals surface area contributed by atoms with Crippen molar-refractivity contribution in [2.45, 2.75) is 0 Å². The highest BCUT2D eigenvalue weighted by Gasteiger charge is 1.98. The molecule has 0 bridgehead atoms. The predicted molar refractivity (Wildman–Crippen MR) is 56.7 cm³/mol. The number of phenolic OH excluding ortho intramolecular Hbond substituents is 1. The van der Waals surface area contributed by atoms with Gasteiger partial charge in [-0.2, -0.15) is 0 Å². The van der Waals surface area contributed by atoms with Gasteiger partial charge in [-0.05, 0) is 18.2 Å². The third kappa shape index (κ3) is 1.85. The van der Waals surface area contributed by atoms with E-state index in [4.69, 9.17) is 0 Å². The van der Waals surface area contributed by atoms with Crippen LogP contribution >= 0.6 is 0 Å². The topological polar surface area (TPSA) is 32.3 Å². The van der Waals surface area contributed by atoms with Crippen molar-refractivity contribution in [3.8, 4) is 5.75 Å². The van der Waals surface area contributed by atoms with E-state index in [9.17, 15) is 5.11 Å². The van der Waals surface area contributed by atoms with Gasteiger partial charge in [-0.15, -0.1) is 0 Å². The van der Waals surface area contributed by atoms with Gasteiger partial charge in [0.2, 0.25) is 0 Å². The number of phenols is 1. The van der Waals surface area contributed by atoms with E-state index in [0.29, 0.717) is 5.69 Å². The number of para-hydroxylation sites is 2. The molecule has 14 heavy (non-hydrogen) atoms. The molecular formula is C12H10NO. The first kappa shape index (κ1) is 8.63. The standard InChI is InChI=1S/C12H10NO/c14-12-9-5-4-8-11(12)13-10-6-2-1-3-7-10/h1-7,9,13-14H. The number of aromatic hydroxyl groups is 1. The van der Waals surface area contributed by atoms with Gasteiger partial charge in [0.1, 0.15) is 5.75 Å². The molecule has 0 heterocycles. The monoisotopic (exact) mass is 184 g/mol. The van der Waals surface area contributed by atoms with Gasteiger partial charge in [0, 0.05) is 11.8 Å². The van der Waals surface area contributed by atoms with Crippen molar-refractivity contribution in [2.24, 2.45) is 0 Å². The second kappa shape index (κ2) is 3.83. The highest BCUT2D eigenvalue weighted by Crippen LogP contribution is 2.24. The Bertz CT molecular complexity index is 412. The van der Waals surface area contributed by atoms with Crippen LogP contribution in [0.3, 0.4) is 0 Å². The summed E-state index contributed by atoms with van der Waals surface area (Å²) >= 11 is 0. The fourth-order valence-corrected chi connectivity index (χ4v) is 1.19. The number of hydrogen-bond acceptors (Lipinski definition) is 2. The fourth-order valence-electron chi connectivity index (χ4n) is 1.19. The molecule has 0 unspecified atom stereocenters. The Balaban J connectivity index is 2.24. The second-order valence-electron chi connectivity index (χ2n) is 2.92. The molecule has 0 saturated carbocycles. The van der Waals surface area contributed by atoms with Crippen LogP contribution in [-0.4, -0.2) is 5.11 Å². The molecule has 0 fully saturated rings. The molecule has 0 aliphatic carbocycles. The molecule has 0 aromatic heterocycles. The molecule has 0 amide bonds. The van der Waals surface area contributed by atoms with Gasteiger partial charge in [-0.3, -0.25) is 0 Å². The van der Waals surface area contributed by atoms with Crippen LogP contribution < -0.4 is 5.32 Å². The maximum atomic E-state index is 9.48. The van der Waals surface area contributed by atoms with Gasteiger partial charge in [-0.25, -0.2) is 0 Å². The maximum Gasteiger partial charge on any atom is 0.139 e. The number of benzene rings is 2. The lowest BCUT2D eigenvalue weighted by atomic mass is 10.2. The molecule has 69 valence electrons. The summed E-state index contributed by atoms with van der Waals surface area (Å²) in [7, 11) is 0. The quantitative estimate of drug-likeness (QED) is 0.703. The molecule has 0 aliphatic heterocycles. The molecule has 1 radical (unpaired) electrons. The molecular weight excluding hydrogens is 174 g/mol. The van der Waals surface area contributed by atoms with Crippen LogP contribution in [0.15, 0.2) is 48.5 Å². The average molecular weight is 184 g/mol. The minimum atomic E-state index is 0.205. The molecule has 2 N–H and O–H groups in total. The smallest absolute Gasteiger partial charge is 0.139 e. The third-order valence-electron chi connectivity index (χ3n) is 1.88. The predicted octanol–water partition coefficient (Wildman–Crippen LogP) is 2.94. The number of nitrogens with one attached hydrogen (secondary N) is 1. The number of rotatable bonds is 2. The Hall–Kier alpha value is -1.96. The molecule has 2 rings (SSSR count). The summed E-state index contributed by atoms with van der Waals surface area (Å²) in [6.07, 6.45) is 0. The zero-order chi connectivity index (χ0) is 9.80. The van der Waals surface area contributed by atoms with Crippen molar-refractivity contribution in [2.75, 3.05) is 5.32 Å². The normalized spacial score (nSPS) is 9.71. The lowest BCUT2D eigenvalue weighted by Gasteiger charge is -2.06. The van der Waals surface area contributed by atoms with Crippen LogP contribution in [0, 0.1) is 6.07 Å². The molecule has 0 spiro atoms. The van der Waals surface area contributed by atoms with Crippen LogP contribution in [0.1, 0.15) is 0 Å². The SMILES string of the molecule is Oc1ccc[c]c1Nc1ccccc1. The minimum absolute atomic E-state index is 0.205. The first-order valence-corrected chi connectivity index (χ1v) is 4.38. The van der Waals surface area contributed by atoms with Crippen molar-refractivity contribution in [1.82, 2.24) is 0 Å². The van der Waals surface area contributed by atoms with Crippen molar-refractivity contribution >= 4 is 11.4 Å². The summed E-state index contributed by atoms with van der Waals surface area (Å²) in [4.78, 5) is 0. The number of anilines is 2. The first-order chi connectivity index (χ1) is 6.86.